The minimum Gasteiger partial charge on any atom is -0.489 e. The van der Waals surface area contributed by atoms with Crippen LogP contribution in [-0.4, -0.2) is 10.2 Å². The number of amides is 1. The maximum Gasteiger partial charge on any atom is 0.270 e. The van der Waals surface area contributed by atoms with E-state index in [4.69, 9.17) is 17.0 Å². The van der Waals surface area contributed by atoms with Crippen LogP contribution in [0.15, 0.2) is 77.7 Å². The third-order valence-corrected chi connectivity index (χ3v) is 5.98. The lowest BCUT2D eigenvalue weighted by molar-refractivity contribution is -0.113. The fraction of sp³-hybridized carbons (Fsp3) is 0.0833. The third-order valence-electron chi connectivity index (χ3n) is 4.68. The van der Waals surface area contributed by atoms with Crippen LogP contribution in [0.4, 0.5) is 10.1 Å². The summed E-state index contributed by atoms with van der Waals surface area (Å²) in [5, 5.41) is 0. The van der Waals surface area contributed by atoms with E-state index in [1.807, 2.05) is 49.4 Å². The molecule has 4 rings (SSSR count). The normalized spacial score (nSPS) is 15.1. The van der Waals surface area contributed by atoms with Gasteiger partial charge in [0.15, 0.2) is 4.32 Å². The molecule has 0 spiro atoms. The Hall–Kier alpha value is -2.96. The highest BCUT2D eigenvalue weighted by Crippen LogP contribution is 2.37. The number of para-hydroxylation sites is 1. The summed E-state index contributed by atoms with van der Waals surface area (Å²) >= 11 is 6.73. The molecule has 0 aromatic heterocycles. The van der Waals surface area contributed by atoms with Gasteiger partial charge >= 0.3 is 0 Å². The predicted octanol–water partition coefficient (Wildman–Crippen LogP) is 6.12. The van der Waals surface area contributed by atoms with E-state index in [2.05, 4.69) is 0 Å². The number of ether oxygens (including phenoxy) is 1. The first kappa shape index (κ1) is 20.3. The van der Waals surface area contributed by atoms with Crippen LogP contribution < -0.4 is 9.64 Å². The molecule has 1 aliphatic heterocycles. The van der Waals surface area contributed by atoms with Gasteiger partial charge in [0.05, 0.1) is 10.6 Å². The van der Waals surface area contributed by atoms with Gasteiger partial charge in [-0.1, -0.05) is 72.5 Å². The summed E-state index contributed by atoms with van der Waals surface area (Å²) in [7, 11) is 0. The van der Waals surface area contributed by atoms with Gasteiger partial charge in [0.25, 0.3) is 5.91 Å². The maximum atomic E-state index is 13.7. The Morgan fingerprint density at radius 3 is 2.47 bits per heavy atom. The Labute approximate surface area is 184 Å². The molecule has 1 fully saturated rings. The van der Waals surface area contributed by atoms with Crippen molar-refractivity contribution < 1.29 is 13.9 Å². The fourth-order valence-corrected chi connectivity index (χ4v) is 4.36. The number of thiocarbonyl (C=S) groups is 1. The van der Waals surface area contributed by atoms with Gasteiger partial charge in [0, 0.05) is 5.56 Å². The molecule has 3 nitrogen and oxygen atoms in total. The van der Waals surface area contributed by atoms with Gasteiger partial charge in [-0.15, -0.1) is 0 Å². The molecule has 1 amide bonds. The second-order valence-electron chi connectivity index (χ2n) is 6.75. The quantitative estimate of drug-likeness (QED) is 0.357. The molecule has 150 valence electrons. The van der Waals surface area contributed by atoms with Gasteiger partial charge in [-0.3, -0.25) is 9.69 Å². The largest absolute Gasteiger partial charge is 0.489 e. The van der Waals surface area contributed by atoms with Crippen LogP contribution in [0.25, 0.3) is 6.08 Å². The van der Waals surface area contributed by atoms with Crippen LogP contribution in [0.5, 0.6) is 5.75 Å². The lowest BCUT2D eigenvalue weighted by Crippen LogP contribution is -2.28. The van der Waals surface area contributed by atoms with E-state index in [0.717, 1.165) is 16.8 Å². The second-order valence-corrected chi connectivity index (χ2v) is 8.43. The minimum absolute atomic E-state index is 0.126. The Morgan fingerprint density at radius 1 is 1.03 bits per heavy atom. The zero-order valence-electron chi connectivity index (χ0n) is 16.2. The zero-order chi connectivity index (χ0) is 21.1. The first-order valence-corrected chi connectivity index (χ1v) is 10.6. The van der Waals surface area contributed by atoms with Gasteiger partial charge in [-0.25, -0.2) is 4.39 Å². The van der Waals surface area contributed by atoms with Gasteiger partial charge in [-0.2, -0.15) is 0 Å². The van der Waals surface area contributed by atoms with Crippen LogP contribution in [0.1, 0.15) is 16.7 Å². The van der Waals surface area contributed by atoms with E-state index >= 15 is 0 Å². The topological polar surface area (TPSA) is 29.5 Å². The van der Waals surface area contributed by atoms with E-state index in [0.29, 0.717) is 20.5 Å². The van der Waals surface area contributed by atoms with Gasteiger partial charge in [-0.05, 0) is 48.4 Å². The molecule has 0 unspecified atom stereocenters. The SMILES string of the molecule is Cc1ccccc1N1C(=O)/C(=C/c2ccc(OCc3ccccc3F)cc2)SC1=S. The van der Waals surface area contributed by atoms with E-state index in [-0.39, 0.29) is 18.3 Å². The molecule has 6 heteroatoms. The number of hydrogen-bond donors (Lipinski definition) is 0. The smallest absolute Gasteiger partial charge is 0.270 e. The highest BCUT2D eigenvalue weighted by Gasteiger charge is 2.33. The molecule has 3 aromatic rings. The molecule has 3 aromatic carbocycles. The van der Waals surface area contributed by atoms with E-state index < -0.39 is 0 Å². The van der Waals surface area contributed by atoms with Crippen molar-refractivity contribution >= 4 is 46.0 Å². The van der Waals surface area contributed by atoms with Crippen molar-refractivity contribution in [3.63, 3.8) is 0 Å². The standard InChI is InChI=1S/C24H18FNO2S2/c1-16-6-2-5-9-21(16)26-23(27)22(30-24(26)29)14-17-10-12-19(13-11-17)28-15-18-7-3-4-8-20(18)25/h2-14H,15H2,1H3/b22-14-. The summed E-state index contributed by atoms with van der Waals surface area (Å²) in [5.74, 6) is 0.215. The van der Waals surface area contributed by atoms with Crippen LogP contribution >= 0.6 is 24.0 Å². The molecule has 0 N–H and O–H groups in total. The van der Waals surface area contributed by atoms with Crippen molar-refractivity contribution in [1.82, 2.24) is 0 Å². The second kappa shape index (κ2) is 8.81. The molecule has 0 bridgehead atoms. The molecule has 1 aliphatic rings. The predicted molar refractivity (Wildman–Crippen MR) is 124 cm³/mol. The third kappa shape index (κ3) is 4.30. The van der Waals surface area contributed by atoms with Crippen molar-refractivity contribution in [2.45, 2.75) is 13.5 Å². The van der Waals surface area contributed by atoms with E-state index in [9.17, 15) is 9.18 Å². The number of carbonyl (C=O) groups is 1. The van der Waals surface area contributed by atoms with Crippen molar-refractivity contribution in [3.8, 4) is 5.75 Å². The Kier molecular flexibility index (Phi) is 5.97. The number of benzene rings is 3. The summed E-state index contributed by atoms with van der Waals surface area (Å²) in [6.45, 7) is 2.11. The lowest BCUT2D eigenvalue weighted by atomic mass is 10.1. The Balaban J connectivity index is 1.47. The first-order chi connectivity index (χ1) is 14.5. The average Bonchev–Trinajstić information content (AvgIpc) is 3.02. The molecule has 1 heterocycles. The lowest BCUT2D eigenvalue weighted by Gasteiger charge is -2.16. The number of nitrogens with zero attached hydrogens (tertiary/aromatic N) is 1. The number of thioether (sulfide) groups is 1. The number of carbonyl (C=O) groups excluding carboxylic acids is 1. The van der Waals surface area contributed by atoms with Crippen molar-refractivity contribution in [2.24, 2.45) is 0 Å². The summed E-state index contributed by atoms with van der Waals surface area (Å²) in [6.07, 6.45) is 1.82. The fourth-order valence-electron chi connectivity index (χ4n) is 3.08. The van der Waals surface area contributed by atoms with E-state index in [1.165, 1.54) is 17.8 Å². The number of aryl methyl sites for hydroxylation is 1. The van der Waals surface area contributed by atoms with Crippen molar-refractivity contribution in [1.29, 1.82) is 0 Å². The molecule has 30 heavy (non-hydrogen) atoms. The van der Waals surface area contributed by atoms with Gasteiger partial charge in [0.1, 0.15) is 18.2 Å². The summed E-state index contributed by atoms with van der Waals surface area (Å²) in [4.78, 5) is 15.1. The molecule has 1 saturated heterocycles. The molecule has 0 radical (unpaired) electrons. The van der Waals surface area contributed by atoms with E-state index in [1.54, 1.807) is 35.2 Å². The minimum atomic E-state index is -0.287. The number of hydrogen-bond acceptors (Lipinski definition) is 4. The summed E-state index contributed by atoms with van der Waals surface area (Å²) in [6, 6.07) is 21.5. The Morgan fingerprint density at radius 2 is 1.73 bits per heavy atom. The molecular formula is C24H18FNO2S2. The molecular weight excluding hydrogens is 417 g/mol. The van der Waals surface area contributed by atoms with Crippen LogP contribution in [-0.2, 0) is 11.4 Å². The molecule has 0 saturated carbocycles. The molecule has 0 atom stereocenters. The maximum absolute atomic E-state index is 13.7. The number of halogens is 1. The van der Waals surface area contributed by atoms with Crippen LogP contribution in [0.2, 0.25) is 0 Å². The van der Waals surface area contributed by atoms with Crippen molar-refractivity contribution in [2.75, 3.05) is 4.90 Å². The highest BCUT2D eigenvalue weighted by molar-refractivity contribution is 8.27. The van der Waals surface area contributed by atoms with Crippen LogP contribution in [0.3, 0.4) is 0 Å². The van der Waals surface area contributed by atoms with Crippen molar-refractivity contribution in [3.05, 3.63) is 100 Å². The summed E-state index contributed by atoms with van der Waals surface area (Å²) < 4.78 is 19.9. The van der Waals surface area contributed by atoms with Crippen LogP contribution in [0, 0.1) is 12.7 Å². The number of rotatable bonds is 5. The molecule has 0 aliphatic carbocycles. The van der Waals surface area contributed by atoms with Gasteiger partial charge in [0.2, 0.25) is 0 Å². The zero-order valence-corrected chi connectivity index (χ0v) is 17.8. The number of anilines is 1. The first-order valence-electron chi connectivity index (χ1n) is 9.33. The van der Waals surface area contributed by atoms with Gasteiger partial charge < -0.3 is 4.74 Å². The monoisotopic (exact) mass is 435 g/mol. The Bertz CT molecular complexity index is 1140. The summed E-state index contributed by atoms with van der Waals surface area (Å²) in [5.41, 5.74) is 3.16. The average molecular weight is 436 g/mol. The highest BCUT2D eigenvalue weighted by atomic mass is 32.2.